The lowest BCUT2D eigenvalue weighted by molar-refractivity contribution is -0.118. The van der Waals surface area contributed by atoms with E-state index in [1.807, 2.05) is 53.9 Å². The van der Waals surface area contributed by atoms with Crippen LogP contribution in [-0.2, 0) is 11.2 Å². The third-order valence-electron chi connectivity index (χ3n) is 4.25. The number of methoxy groups -OCH3 is 1. The van der Waals surface area contributed by atoms with Gasteiger partial charge in [-0.25, -0.2) is 0 Å². The first-order valence-electron chi connectivity index (χ1n) is 9.02. The van der Waals surface area contributed by atoms with Gasteiger partial charge in [0.25, 0.3) is 0 Å². The zero-order valence-corrected chi connectivity index (χ0v) is 17.4. The van der Waals surface area contributed by atoms with Gasteiger partial charge in [0.05, 0.1) is 17.7 Å². The van der Waals surface area contributed by atoms with E-state index in [9.17, 15) is 4.79 Å². The Kier molecular flexibility index (Phi) is 6.06. The second-order valence-electron chi connectivity index (χ2n) is 6.15. The summed E-state index contributed by atoms with van der Waals surface area (Å²) in [5, 5.41) is 18.4. The molecule has 29 heavy (non-hydrogen) atoms. The summed E-state index contributed by atoms with van der Waals surface area (Å²) in [7, 11) is 1.65. The molecule has 9 heteroatoms. The van der Waals surface area contributed by atoms with Crippen molar-refractivity contribution in [1.82, 2.24) is 25.1 Å². The molecule has 0 atom stereocenters. The van der Waals surface area contributed by atoms with E-state index in [4.69, 9.17) is 4.74 Å². The molecule has 148 valence electrons. The van der Waals surface area contributed by atoms with Crippen LogP contribution in [0.2, 0.25) is 0 Å². The fraction of sp³-hybridized carbons (Fsp3) is 0.200. The molecule has 0 aliphatic heterocycles. The van der Waals surface area contributed by atoms with E-state index in [2.05, 4.69) is 20.6 Å². The van der Waals surface area contributed by atoms with E-state index in [0.717, 1.165) is 21.9 Å². The number of carbonyl (C=O) groups excluding carboxylic acids is 1. The molecule has 7 nitrogen and oxygen atoms in total. The number of nitrogens with zero attached hydrogens (tertiary/aromatic N) is 4. The van der Waals surface area contributed by atoms with Crippen LogP contribution < -0.4 is 10.1 Å². The normalized spacial score (nSPS) is 10.9. The van der Waals surface area contributed by atoms with Gasteiger partial charge in [-0.1, -0.05) is 36.0 Å². The van der Waals surface area contributed by atoms with Crippen molar-refractivity contribution < 1.29 is 9.53 Å². The van der Waals surface area contributed by atoms with Gasteiger partial charge >= 0.3 is 0 Å². The van der Waals surface area contributed by atoms with Gasteiger partial charge in [0.15, 0.2) is 5.65 Å². The van der Waals surface area contributed by atoms with Gasteiger partial charge in [-0.05, 0) is 41.6 Å². The van der Waals surface area contributed by atoms with Crippen LogP contribution in [0.25, 0.3) is 16.2 Å². The second kappa shape index (κ2) is 9.06. The smallest absolute Gasteiger partial charge is 0.230 e. The largest absolute Gasteiger partial charge is 0.496 e. The molecule has 1 amide bonds. The molecule has 0 bridgehead atoms. The van der Waals surface area contributed by atoms with Crippen molar-refractivity contribution in [3.05, 3.63) is 59.5 Å². The lowest BCUT2D eigenvalue weighted by Gasteiger charge is -2.09. The Bertz CT molecular complexity index is 1110. The van der Waals surface area contributed by atoms with Crippen molar-refractivity contribution in [3.8, 4) is 16.3 Å². The lowest BCUT2D eigenvalue weighted by Crippen LogP contribution is -2.27. The molecule has 0 aliphatic rings. The van der Waals surface area contributed by atoms with Gasteiger partial charge in [-0.2, -0.15) is 9.61 Å². The Labute approximate surface area is 176 Å². The van der Waals surface area contributed by atoms with Gasteiger partial charge in [-0.15, -0.1) is 21.5 Å². The highest BCUT2D eigenvalue weighted by molar-refractivity contribution is 7.99. The number of aromatic nitrogens is 4. The summed E-state index contributed by atoms with van der Waals surface area (Å²) in [5.41, 5.74) is 2.58. The van der Waals surface area contributed by atoms with Crippen LogP contribution in [0.15, 0.2) is 59.1 Å². The number of thioether (sulfide) groups is 1. The zero-order valence-electron chi connectivity index (χ0n) is 15.7. The Hall–Kier alpha value is -2.91. The van der Waals surface area contributed by atoms with Crippen LogP contribution in [0.1, 0.15) is 5.56 Å². The number of hydrogen-bond acceptors (Lipinski definition) is 7. The SMILES string of the molecule is COc1ccccc1CCNC(=O)CSc1nnc2ccc(-c3cccs3)nn12. The summed E-state index contributed by atoms with van der Waals surface area (Å²) in [6.45, 7) is 0.543. The maximum absolute atomic E-state index is 12.2. The van der Waals surface area contributed by atoms with Gasteiger partial charge in [0.1, 0.15) is 11.4 Å². The van der Waals surface area contributed by atoms with Crippen molar-refractivity contribution in [1.29, 1.82) is 0 Å². The summed E-state index contributed by atoms with van der Waals surface area (Å²) in [6, 6.07) is 15.6. The topological polar surface area (TPSA) is 81.4 Å². The Morgan fingerprint density at radius 3 is 2.90 bits per heavy atom. The number of ether oxygens (including phenoxy) is 1. The molecule has 3 aromatic heterocycles. The van der Waals surface area contributed by atoms with Crippen molar-refractivity contribution in [2.75, 3.05) is 19.4 Å². The van der Waals surface area contributed by atoms with Gasteiger partial charge in [0, 0.05) is 6.54 Å². The summed E-state index contributed by atoms with van der Waals surface area (Å²) < 4.78 is 7.02. The lowest BCUT2D eigenvalue weighted by atomic mass is 10.1. The summed E-state index contributed by atoms with van der Waals surface area (Å²) >= 11 is 2.94. The average Bonchev–Trinajstić information content (AvgIpc) is 3.42. The second-order valence-corrected chi connectivity index (χ2v) is 8.04. The molecule has 3 heterocycles. The van der Waals surface area contributed by atoms with Crippen molar-refractivity contribution in [2.24, 2.45) is 0 Å². The number of nitrogens with one attached hydrogen (secondary N) is 1. The molecule has 0 spiro atoms. The maximum Gasteiger partial charge on any atom is 0.230 e. The minimum absolute atomic E-state index is 0.0592. The van der Waals surface area contributed by atoms with Crippen molar-refractivity contribution in [2.45, 2.75) is 11.6 Å². The molecule has 0 saturated heterocycles. The number of carbonyl (C=O) groups is 1. The van der Waals surface area contributed by atoms with Crippen LogP contribution >= 0.6 is 23.1 Å². The number of thiophene rings is 1. The minimum atomic E-state index is -0.0592. The predicted molar refractivity (Wildman–Crippen MR) is 115 cm³/mol. The average molecular weight is 426 g/mol. The third kappa shape index (κ3) is 4.57. The molecule has 1 N–H and O–H groups in total. The van der Waals surface area contributed by atoms with Crippen LogP contribution in [0.4, 0.5) is 0 Å². The Balaban J connectivity index is 1.34. The number of hydrogen-bond donors (Lipinski definition) is 1. The Morgan fingerprint density at radius 2 is 2.07 bits per heavy atom. The summed E-state index contributed by atoms with van der Waals surface area (Å²) in [5.74, 6) is 1.02. The number of benzene rings is 1. The maximum atomic E-state index is 12.2. The van der Waals surface area contributed by atoms with Crippen LogP contribution in [0, 0.1) is 0 Å². The Morgan fingerprint density at radius 1 is 1.17 bits per heavy atom. The predicted octanol–water partition coefficient (Wildman–Crippen LogP) is 3.31. The van der Waals surface area contributed by atoms with Gasteiger partial charge in [0.2, 0.25) is 11.1 Å². The molecule has 1 aromatic carbocycles. The molecule has 0 fully saturated rings. The highest BCUT2D eigenvalue weighted by Crippen LogP contribution is 2.24. The molecular weight excluding hydrogens is 406 g/mol. The zero-order chi connectivity index (χ0) is 20.1. The van der Waals surface area contributed by atoms with E-state index < -0.39 is 0 Å². The molecule has 4 aromatic rings. The fourth-order valence-corrected chi connectivity index (χ4v) is 4.25. The van der Waals surface area contributed by atoms with E-state index in [1.54, 1.807) is 23.0 Å². The molecule has 0 aliphatic carbocycles. The number of para-hydroxylation sites is 1. The molecule has 0 radical (unpaired) electrons. The van der Waals surface area contributed by atoms with Crippen molar-refractivity contribution in [3.63, 3.8) is 0 Å². The first-order valence-corrected chi connectivity index (χ1v) is 10.9. The minimum Gasteiger partial charge on any atom is -0.496 e. The third-order valence-corrected chi connectivity index (χ3v) is 6.06. The van der Waals surface area contributed by atoms with Crippen molar-refractivity contribution >= 4 is 34.7 Å². The van der Waals surface area contributed by atoms with Crippen LogP contribution in [0.5, 0.6) is 5.75 Å². The molecule has 0 saturated carbocycles. The van der Waals surface area contributed by atoms with E-state index in [1.165, 1.54) is 11.8 Å². The van der Waals surface area contributed by atoms with Gasteiger partial charge < -0.3 is 10.1 Å². The summed E-state index contributed by atoms with van der Waals surface area (Å²) in [6.07, 6.45) is 0.708. The number of fused-ring (bicyclic) bond motifs is 1. The monoisotopic (exact) mass is 425 g/mol. The highest BCUT2D eigenvalue weighted by Gasteiger charge is 2.12. The quantitative estimate of drug-likeness (QED) is 0.436. The summed E-state index contributed by atoms with van der Waals surface area (Å²) in [4.78, 5) is 13.3. The number of rotatable bonds is 8. The number of amides is 1. The highest BCUT2D eigenvalue weighted by atomic mass is 32.2. The van der Waals surface area contributed by atoms with Gasteiger partial charge in [-0.3, -0.25) is 4.79 Å². The first-order chi connectivity index (χ1) is 14.2. The standard InChI is InChI=1S/C20H19N5O2S2/c1-27-16-6-3-2-5-14(16)10-11-21-19(26)13-29-20-23-22-18-9-8-15(24-25(18)20)17-7-4-12-28-17/h2-9,12H,10-11,13H2,1H3,(H,21,26). The molecule has 4 rings (SSSR count). The van der Waals surface area contributed by atoms with E-state index in [-0.39, 0.29) is 11.7 Å². The van der Waals surface area contributed by atoms with Crippen LogP contribution in [-0.4, -0.2) is 45.1 Å². The van der Waals surface area contributed by atoms with E-state index >= 15 is 0 Å². The molecular formula is C20H19N5O2S2. The molecule has 0 unspecified atom stereocenters. The van der Waals surface area contributed by atoms with E-state index in [0.29, 0.717) is 23.8 Å². The first kappa shape index (κ1) is 19.4. The fourth-order valence-electron chi connectivity index (χ4n) is 2.84. The van der Waals surface area contributed by atoms with Crippen LogP contribution in [0.3, 0.4) is 0 Å².